The fourth-order valence-corrected chi connectivity index (χ4v) is 3.14. The van der Waals surface area contributed by atoms with Crippen LogP contribution in [0.2, 0.25) is 0 Å². The van der Waals surface area contributed by atoms with E-state index in [0.717, 1.165) is 0 Å². The maximum Gasteiger partial charge on any atom is 0.282 e. The van der Waals surface area contributed by atoms with Crippen LogP contribution in [0.1, 0.15) is 39.1 Å². The van der Waals surface area contributed by atoms with E-state index in [-0.39, 0.29) is 23.9 Å². The van der Waals surface area contributed by atoms with Crippen molar-refractivity contribution >= 4 is 46.0 Å². The molecule has 0 saturated carbocycles. The number of amides is 1. The Kier molecular flexibility index (Phi) is 11.8. The predicted molar refractivity (Wildman–Crippen MR) is 107 cm³/mol. The number of carbonyl (C=O) groups is 1. The summed E-state index contributed by atoms with van der Waals surface area (Å²) in [5.74, 6) is 1.41. The Balaban J connectivity index is 0.000000496. The van der Waals surface area contributed by atoms with Crippen molar-refractivity contribution < 1.29 is 9.90 Å². The van der Waals surface area contributed by atoms with E-state index in [2.05, 4.69) is 9.97 Å². The number of hydrogen-bond acceptors (Lipinski definition) is 6. The molecule has 142 valence electrons. The van der Waals surface area contributed by atoms with Gasteiger partial charge in [-0.05, 0) is 34.6 Å². The summed E-state index contributed by atoms with van der Waals surface area (Å²) in [6, 6.07) is 0.396. The summed E-state index contributed by atoms with van der Waals surface area (Å²) in [5.41, 5.74) is 7.28. The van der Waals surface area contributed by atoms with Gasteiger partial charge >= 0.3 is 0 Å². The molecule has 0 saturated heterocycles. The number of hydrogen-bond donors (Lipinski definition) is 2. The first kappa shape index (κ1) is 24.0. The van der Waals surface area contributed by atoms with Gasteiger partial charge in [-0.1, -0.05) is 35.0 Å². The zero-order valence-electron chi connectivity index (χ0n) is 15.2. The minimum Gasteiger partial charge on any atom is -0.391 e. The molecule has 3 N–H and O–H groups in total. The summed E-state index contributed by atoms with van der Waals surface area (Å²) >= 11 is 12.3. The van der Waals surface area contributed by atoms with Crippen molar-refractivity contribution in [3.8, 4) is 0 Å². The number of aliphatic hydroxyl groups excluding tert-OH is 1. The molecule has 1 aromatic heterocycles. The topological polar surface area (TPSA) is 92.3 Å². The molecule has 0 unspecified atom stereocenters. The number of rotatable bonds is 5. The van der Waals surface area contributed by atoms with Crippen molar-refractivity contribution in [1.29, 1.82) is 0 Å². The monoisotopic (exact) mass is 408 g/mol. The van der Waals surface area contributed by atoms with Gasteiger partial charge in [0.2, 0.25) is 0 Å². The lowest BCUT2D eigenvalue weighted by Crippen LogP contribution is -2.39. The normalized spacial score (nSPS) is 11.4. The van der Waals surface area contributed by atoms with Gasteiger partial charge in [0.25, 0.3) is 5.24 Å². The summed E-state index contributed by atoms with van der Waals surface area (Å²) in [6.07, 6.45) is 1.53. The molecule has 1 rings (SSSR count). The van der Waals surface area contributed by atoms with Crippen LogP contribution in [0, 0.1) is 6.92 Å². The third-order valence-electron chi connectivity index (χ3n) is 2.96. The lowest BCUT2D eigenvalue weighted by Gasteiger charge is -2.30. The second kappa shape index (κ2) is 12.4. The SMILES string of the molecule is CC(C)N(C(=O)SC/C(Cl)=C/Cl)C(C)C.Cc1ncc(CO)c(N)n1. The van der Waals surface area contributed by atoms with Crippen LogP contribution in [-0.4, -0.2) is 43.1 Å². The number of nitrogen functional groups attached to an aromatic ring is 1. The van der Waals surface area contributed by atoms with Crippen molar-refractivity contribution in [3.63, 3.8) is 0 Å². The van der Waals surface area contributed by atoms with Gasteiger partial charge < -0.3 is 15.7 Å². The average molecular weight is 409 g/mol. The number of thioether (sulfide) groups is 1. The first-order valence-electron chi connectivity index (χ1n) is 7.72. The number of anilines is 1. The molecule has 0 aliphatic heterocycles. The van der Waals surface area contributed by atoms with Crippen molar-refractivity contribution in [3.05, 3.63) is 28.2 Å². The van der Waals surface area contributed by atoms with E-state index >= 15 is 0 Å². The molecule has 0 aliphatic carbocycles. The molecule has 0 aliphatic rings. The Labute approximate surface area is 163 Å². The summed E-state index contributed by atoms with van der Waals surface area (Å²) in [5, 5.41) is 9.18. The van der Waals surface area contributed by atoms with E-state index < -0.39 is 0 Å². The van der Waals surface area contributed by atoms with Crippen LogP contribution >= 0.6 is 35.0 Å². The van der Waals surface area contributed by atoms with Crippen LogP contribution in [-0.2, 0) is 6.61 Å². The van der Waals surface area contributed by atoms with E-state index in [1.165, 1.54) is 23.5 Å². The van der Waals surface area contributed by atoms with Gasteiger partial charge in [-0.2, -0.15) is 0 Å². The first-order chi connectivity index (χ1) is 11.6. The van der Waals surface area contributed by atoms with E-state index in [4.69, 9.17) is 34.0 Å². The predicted octanol–water partition coefficient (Wildman–Crippen LogP) is 4.14. The quantitative estimate of drug-likeness (QED) is 0.760. The highest BCUT2D eigenvalue weighted by atomic mass is 35.5. The molecular weight excluding hydrogens is 383 g/mol. The molecule has 0 atom stereocenters. The summed E-state index contributed by atoms with van der Waals surface area (Å²) in [4.78, 5) is 21.3. The lowest BCUT2D eigenvalue weighted by molar-refractivity contribution is 0.190. The van der Waals surface area contributed by atoms with Gasteiger partial charge in [0, 0.05) is 40.2 Å². The Morgan fingerprint density at radius 3 is 2.36 bits per heavy atom. The van der Waals surface area contributed by atoms with Crippen molar-refractivity contribution in [1.82, 2.24) is 14.9 Å². The van der Waals surface area contributed by atoms with Gasteiger partial charge in [-0.15, -0.1) is 0 Å². The fourth-order valence-electron chi connectivity index (χ4n) is 1.89. The van der Waals surface area contributed by atoms with Crippen LogP contribution in [0.15, 0.2) is 16.8 Å². The summed E-state index contributed by atoms with van der Waals surface area (Å²) in [7, 11) is 0. The first-order valence-corrected chi connectivity index (χ1v) is 9.52. The minimum atomic E-state index is -0.105. The summed E-state index contributed by atoms with van der Waals surface area (Å²) in [6.45, 7) is 9.63. The van der Waals surface area contributed by atoms with Gasteiger partial charge in [-0.3, -0.25) is 4.79 Å². The second-order valence-corrected chi connectivity index (χ2v) is 7.32. The van der Waals surface area contributed by atoms with E-state index in [1.807, 2.05) is 32.6 Å². The Morgan fingerprint density at radius 2 is 1.96 bits per heavy atom. The van der Waals surface area contributed by atoms with E-state index in [9.17, 15) is 4.79 Å². The highest BCUT2D eigenvalue weighted by molar-refractivity contribution is 8.13. The number of aromatic nitrogens is 2. The molecule has 25 heavy (non-hydrogen) atoms. The maximum absolute atomic E-state index is 11.8. The molecule has 1 heterocycles. The molecule has 0 aromatic carbocycles. The van der Waals surface area contributed by atoms with Crippen LogP contribution in [0.5, 0.6) is 0 Å². The van der Waals surface area contributed by atoms with Gasteiger partial charge in [-0.25, -0.2) is 9.97 Å². The molecule has 0 bridgehead atoms. The van der Waals surface area contributed by atoms with Crippen LogP contribution in [0.4, 0.5) is 10.6 Å². The summed E-state index contributed by atoms with van der Waals surface area (Å²) < 4.78 is 0. The average Bonchev–Trinajstić information content (AvgIpc) is 2.52. The number of nitrogens with zero attached hydrogens (tertiary/aromatic N) is 3. The maximum atomic E-state index is 11.8. The van der Waals surface area contributed by atoms with Crippen molar-refractivity contribution in [2.75, 3.05) is 11.5 Å². The molecule has 6 nitrogen and oxygen atoms in total. The van der Waals surface area contributed by atoms with Crippen LogP contribution < -0.4 is 5.73 Å². The number of aryl methyl sites for hydroxylation is 1. The number of aliphatic hydroxyl groups is 1. The molecule has 0 radical (unpaired) electrons. The Bertz CT molecular complexity index is 575. The Hall–Kier alpha value is -1.02. The third-order valence-corrected chi connectivity index (χ3v) is 4.65. The number of nitrogens with two attached hydrogens (primary N) is 1. The molecule has 1 aromatic rings. The van der Waals surface area contributed by atoms with Crippen LogP contribution in [0.25, 0.3) is 0 Å². The van der Waals surface area contributed by atoms with Gasteiger partial charge in [0.15, 0.2) is 0 Å². The van der Waals surface area contributed by atoms with E-state index in [1.54, 1.807) is 6.92 Å². The van der Waals surface area contributed by atoms with Crippen molar-refractivity contribution in [2.45, 2.75) is 53.3 Å². The fraction of sp³-hybridized carbons (Fsp3) is 0.562. The number of carbonyl (C=O) groups excluding carboxylic acids is 1. The second-order valence-electron chi connectivity index (χ2n) is 5.69. The molecule has 0 spiro atoms. The molecule has 0 fully saturated rings. The van der Waals surface area contributed by atoms with Gasteiger partial charge in [0.05, 0.1) is 6.61 Å². The largest absolute Gasteiger partial charge is 0.391 e. The zero-order valence-corrected chi connectivity index (χ0v) is 17.5. The van der Waals surface area contributed by atoms with Gasteiger partial charge in [0.1, 0.15) is 11.6 Å². The molecular formula is C16H26Cl2N4O2S. The lowest BCUT2D eigenvalue weighted by atomic mass is 10.2. The number of halogens is 2. The van der Waals surface area contributed by atoms with Crippen LogP contribution in [0.3, 0.4) is 0 Å². The third kappa shape index (κ3) is 9.30. The standard InChI is InChI=1S/C10H17Cl2NOS.C6H9N3O/c1-7(2)13(8(3)4)10(14)15-6-9(12)5-11;1-4-8-2-5(3-10)6(7)9-4/h5,7-8H,6H2,1-4H3;2,10H,3H2,1H3,(H2,7,8,9)/b9-5-;. The highest BCUT2D eigenvalue weighted by Crippen LogP contribution is 2.19. The molecule has 9 heteroatoms. The minimum absolute atomic E-state index is 0.0386. The van der Waals surface area contributed by atoms with E-state index in [0.29, 0.717) is 28.0 Å². The smallest absolute Gasteiger partial charge is 0.282 e. The Morgan fingerprint density at radius 1 is 1.40 bits per heavy atom. The van der Waals surface area contributed by atoms with Crippen molar-refractivity contribution in [2.24, 2.45) is 0 Å². The molecule has 1 amide bonds. The highest BCUT2D eigenvalue weighted by Gasteiger charge is 2.20. The zero-order chi connectivity index (χ0) is 19.6.